The molecule has 5 nitrogen and oxygen atoms in total. The minimum Gasteiger partial charge on any atom is -0.384 e. The fourth-order valence-corrected chi connectivity index (χ4v) is 2.14. The smallest absolute Gasteiger partial charge is 0.269 e. The van der Waals surface area contributed by atoms with E-state index in [0.717, 1.165) is 17.1 Å². The molecular weight excluding hydrogens is 319 g/mol. The van der Waals surface area contributed by atoms with Gasteiger partial charge in [0.25, 0.3) is 5.91 Å². The molecule has 0 fully saturated rings. The molecule has 0 bridgehead atoms. The molecule has 0 unspecified atom stereocenters. The van der Waals surface area contributed by atoms with Gasteiger partial charge in [-0.25, -0.2) is 9.97 Å². The summed E-state index contributed by atoms with van der Waals surface area (Å²) in [4.78, 5) is 20.0. The first-order valence-electron chi connectivity index (χ1n) is 5.57. The number of carbonyl (C=O) groups is 1. The van der Waals surface area contributed by atoms with Gasteiger partial charge >= 0.3 is 0 Å². The maximum atomic E-state index is 11.7. The highest BCUT2D eigenvalue weighted by Gasteiger charge is 2.07. The van der Waals surface area contributed by atoms with Gasteiger partial charge < -0.3 is 11.1 Å². The van der Waals surface area contributed by atoms with Crippen molar-refractivity contribution < 1.29 is 4.79 Å². The first-order chi connectivity index (χ1) is 8.65. The highest BCUT2D eigenvalue weighted by atomic mass is 35.5. The van der Waals surface area contributed by atoms with Crippen molar-refractivity contribution in [3.8, 4) is 0 Å². The summed E-state index contributed by atoms with van der Waals surface area (Å²) in [6, 6.07) is 4.99. The SMILES string of the molecule is Cc1nc(CCNC(=O)c2cccc(N)n2)cs1.Cl.Cl. The first-order valence-corrected chi connectivity index (χ1v) is 6.45. The standard InChI is InChI=1S/C12H14N4OS.2ClH/c1-8-15-9(7-18-8)5-6-14-12(17)10-3-2-4-11(13)16-10;;/h2-4,7H,5-6H2,1H3,(H2,13,16)(H,14,17);2*1H. The van der Waals surface area contributed by atoms with Crippen molar-refractivity contribution in [2.75, 3.05) is 12.3 Å². The number of thiazole rings is 1. The fourth-order valence-electron chi connectivity index (χ4n) is 1.50. The summed E-state index contributed by atoms with van der Waals surface area (Å²) >= 11 is 1.61. The number of nitrogens with one attached hydrogen (secondary N) is 1. The van der Waals surface area contributed by atoms with Crippen LogP contribution in [0.3, 0.4) is 0 Å². The highest BCUT2D eigenvalue weighted by Crippen LogP contribution is 2.08. The van der Waals surface area contributed by atoms with Gasteiger partial charge in [-0.15, -0.1) is 36.2 Å². The van der Waals surface area contributed by atoms with Crippen molar-refractivity contribution in [1.82, 2.24) is 15.3 Å². The number of aryl methyl sites for hydroxylation is 1. The molecule has 0 aliphatic carbocycles. The van der Waals surface area contributed by atoms with E-state index in [1.165, 1.54) is 0 Å². The Labute approximate surface area is 133 Å². The Hall–Kier alpha value is -1.37. The van der Waals surface area contributed by atoms with E-state index in [-0.39, 0.29) is 30.7 Å². The maximum absolute atomic E-state index is 11.7. The Balaban J connectivity index is 0.00000180. The van der Waals surface area contributed by atoms with E-state index in [0.29, 0.717) is 18.1 Å². The average Bonchev–Trinajstić information content (AvgIpc) is 2.75. The van der Waals surface area contributed by atoms with Crippen LogP contribution in [0.25, 0.3) is 0 Å². The highest BCUT2D eigenvalue weighted by molar-refractivity contribution is 7.09. The van der Waals surface area contributed by atoms with Crippen molar-refractivity contribution in [3.05, 3.63) is 40.0 Å². The number of amides is 1. The van der Waals surface area contributed by atoms with E-state index in [4.69, 9.17) is 5.73 Å². The van der Waals surface area contributed by atoms with E-state index in [1.54, 1.807) is 29.5 Å². The van der Waals surface area contributed by atoms with Crippen molar-refractivity contribution in [3.63, 3.8) is 0 Å². The van der Waals surface area contributed by atoms with E-state index in [2.05, 4.69) is 15.3 Å². The van der Waals surface area contributed by atoms with Crippen LogP contribution in [0.15, 0.2) is 23.6 Å². The first kappa shape index (κ1) is 18.6. The van der Waals surface area contributed by atoms with Gasteiger partial charge in [-0.05, 0) is 19.1 Å². The summed E-state index contributed by atoms with van der Waals surface area (Å²) in [7, 11) is 0. The number of hydrogen-bond donors (Lipinski definition) is 2. The molecule has 2 rings (SSSR count). The molecule has 0 saturated carbocycles. The summed E-state index contributed by atoms with van der Waals surface area (Å²) in [6.45, 7) is 2.50. The fraction of sp³-hybridized carbons (Fsp3) is 0.250. The molecular formula is C12H16Cl2N4OS. The van der Waals surface area contributed by atoms with Crippen LogP contribution in [-0.4, -0.2) is 22.4 Å². The summed E-state index contributed by atoms with van der Waals surface area (Å²) in [5.74, 6) is 0.132. The molecule has 1 amide bonds. The molecule has 0 radical (unpaired) electrons. The predicted molar refractivity (Wildman–Crippen MR) is 86.0 cm³/mol. The molecule has 20 heavy (non-hydrogen) atoms. The maximum Gasteiger partial charge on any atom is 0.269 e. The van der Waals surface area contributed by atoms with Gasteiger partial charge in [0.2, 0.25) is 0 Å². The van der Waals surface area contributed by atoms with E-state index < -0.39 is 0 Å². The second-order valence-corrected chi connectivity index (χ2v) is 4.87. The van der Waals surface area contributed by atoms with Crippen molar-refractivity contribution >= 4 is 47.9 Å². The molecule has 8 heteroatoms. The van der Waals surface area contributed by atoms with Crippen LogP contribution >= 0.6 is 36.2 Å². The zero-order valence-electron chi connectivity index (χ0n) is 10.8. The molecule has 3 N–H and O–H groups in total. The van der Waals surface area contributed by atoms with Crippen LogP contribution in [0.1, 0.15) is 21.2 Å². The Bertz CT molecular complexity index is 562. The van der Waals surface area contributed by atoms with Crippen LogP contribution in [0.4, 0.5) is 5.82 Å². The van der Waals surface area contributed by atoms with Gasteiger partial charge in [-0.2, -0.15) is 0 Å². The third kappa shape index (κ3) is 5.32. The quantitative estimate of drug-likeness (QED) is 0.898. The summed E-state index contributed by atoms with van der Waals surface area (Å²) in [6.07, 6.45) is 0.721. The van der Waals surface area contributed by atoms with Crippen LogP contribution < -0.4 is 11.1 Å². The average molecular weight is 335 g/mol. The number of aromatic nitrogens is 2. The van der Waals surface area contributed by atoms with Crippen molar-refractivity contribution in [2.24, 2.45) is 0 Å². The number of anilines is 1. The van der Waals surface area contributed by atoms with Gasteiger partial charge in [-0.3, -0.25) is 4.79 Å². The van der Waals surface area contributed by atoms with Crippen LogP contribution in [0.5, 0.6) is 0 Å². The number of hydrogen-bond acceptors (Lipinski definition) is 5. The minimum atomic E-state index is -0.214. The van der Waals surface area contributed by atoms with Gasteiger partial charge in [0.15, 0.2) is 0 Å². The third-order valence-corrected chi connectivity index (χ3v) is 3.16. The normalized spacial score (nSPS) is 9.25. The molecule has 0 spiro atoms. The molecule has 0 atom stereocenters. The number of pyridine rings is 1. The Morgan fingerprint density at radius 3 is 2.70 bits per heavy atom. The lowest BCUT2D eigenvalue weighted by Crippen LogP contribution is -2.26. The zero-order valence-corrected chi connectivity index (χ0v) is 13.3. The van der Waals surface area contributed by atoms with E-state index in [1.807, 2.05) is 12.3 Å². The number of rotatable bonds is 4. The van der Waals surface area contributed by atoms with Gasteiger partial charge in [0.05, 0.1) is 10.7 Å². The Morgan fingerprint density at radius 1 is 1.35 bits per heavy atom. The number of nitrogens with two attached hydrogens (primary N) is 1. The summed E-state index contributed by atoms with van der Waals surface area (Å²) in [5.41, 5.74) is 6.86. The molecule has 0 saturated heterocycles. The van der Waals surface area contributed by atoms with Crippen LogP contribution in [0, 0.1) is 6.92 Å². The second-order valence-electron chi connectivity index (χ2n) is 3.81. The number of nitrogens with zero attached hydrogens (tertiary/aromatic N) is 2. The van der Waals surface area contributed by atoms with Crippen LogP contribution in [-0.2, 0) is 6.42 Å². The minimum absolute atomic E-state index is 0. The molecule has 110 valence electrons. The molecule has 0 aliphatic heterocycles. The van der Waals surface area contributed by atoms with Crippen molar-refractivity contribution in [2.45, 2.75) is 13.3 Å². The number of nitrogen functional groups attached to an aromatic ring is 1. The summed E-state index contributed by atoms with van der Waals surface area (Å²) < 4.78 is 0. The topological polar surface area (TPSA) is 80.9 Å². The monoisotopic (exact) mass is 334 g/mol. The lowest BCUT2D eigenvalue weighted by Gasteiger charge is -2.03. The molecule has 0 aromatic carbocycles. The molecule has 2 aromatic heterocycles. The molecule has 2 heterocycles. The molecule has 2 aromatic rings. The summed E-state index contributed by atoms with van der Waals surface area (Å²) in [5, 5.41) is 5.83. The van der Waals surface area contributed by atoms with Crippen molar-refractivity contribution in [1.29, 1.82) is 0 Å². The van der Waals surface area contributed by atoms with Gasteiger partial charge in [0, 0.05) is 18.3 Å². The largest absolute Gasteiger partial charge is 0.384 e. The lowest BCUT2D eigenvalue weighted by molar-refractivity contribution is 0.0949. The molecule has 0 aliphatic rings. The third-order valence-electron chi connectivity index (χ3n) is 2.34. The Kier molecular flexibility index (Phi) is 8.13. The lowest BCUT2D eigenvalue weighted by atomic mass is 10.3. The predicted octanol–water partition coefficient (Wildman–Crippen LogP) is 2.24. The number of carbonyl (C=O) groups excluding carboxylic acids is 1. The zero-order chi connectivity index (χ0) is 13.0. The Morgan fingerprint density at radius 2 is 2.10 bits per heavy atom. The van der Waals surface area contributed by atoms with Gasteiger partial charge in [-0.1, -0.05) is 6.07 Å². The van der Waals surface area contributed by atoms with Gasteiger partial charge in [0.1, 0.15) is 11.5 Å². The second kappa shape index (κ2) is 8.73. The van der Waals surface area contributed by atoms with E-state index >= 15 is 0 Å². The van der Waals surface area contributed by atoms with E-state index in [9.17, 15) is 4.79 Å². The number of halogens is 2. The van der Waals surface area contributed by atoms with Crippen LogP contribution in [0.2, 0.25) is 0 Å².